The van der Waals surface area contributed by atoms with Crippen LogP contribution in [0.2, 0.25) is 5.15 Å². The number of halogens is 2. The van der Waals surface area contributed by atoms with Crippen molar-refractivity contribution in [3.63, 3.8) is 0 Å². The monoisotopic (exact) mass is 424 g/mol. The molecule has 1 amide bonds. The van der Waals surface area contributed by atoms with Gasteiger partial charge in [0.1, 0.15) is 16.8 Å². The molecule has 4 N–H and O–H groups in total. The zero-order valence-corrected chi connectivity index (χ0v) is 16.3. The minimum atomic E-state index is -0.861. The van der Waals surface area contributed by atoms with Crippen LogP contribution >= 0.6 is 11.6 Å². The van der Waals surface area contributed by atoms with E-state index in [0.29, 0.717) is 38.8 Å². The van der Waals surface area contributed by atoms with Gasteiger partial charge in [-0.3, -0.25) is 4.79 Å². The molecule has 1 aromatic carbocycles. The van der Waals surface area contributed by atoms with Crippen molar-refractivity contribution in [2.75, 3.05) is 5.73 Å². The lowest BCUT2D eigenvalue weighted by Crippen LogP contribution is -2.10. The Balaban J connectivity index is 1.97. The van der Waals surface area contributed by atoms with Gasteiger partial charge >= 0.3 is 11.8 Å². The fourth-order valence-electron chi connectivity index (χ4n) is 2.96. The number of carbonyl (C=O) groups excluding carboxylic acids is 1. The minimum absolute atomic E-state index is 0.0161. The topological polar surface area (TPSA) is 134 Å². The first-order valence-corrected chi connectivity index (χ1v) is 9.04. The molecule has 3 heterocycles. The Kier molecular flexibility index (Phi) is 4.88. The van der Waals surface area contributed by atoms with Crippen molar-refractivity contribution in [2.45, 2.75) is 6.92 Å². The maximum atomic E-state index is 13.4. The zero-order chi connectivity index (χ0) is 21.4. The highest BCUT2D eigenvalue weighted by molar-refractivity contribution is 6.29. The average Bonchev–Trinajstić information content (AvgIpc) is 3.18. The van der Waals surface area contributed by atoms with Crippen LogP contribution in [0.25, 0.3) is 33.8 Å². The Morgan fingerprint density at radius 1 is 1.03 bits per heavy atom. The largest absolute Gasteiger partial charge is 0.412 e. The normalized spacial score (nSPS) is 10.9. The van der Waals surface area contributed by atoms with Crippen LogP contribution in [0.15, 0.2) is 46.9 Å². The number of hydrogen-bond acceptors (Lipinski definition) is 7. The van der Waals surface area contributed by atoms with Gasteiger partial charge in [-0.1, -0.05) is 11.6 Å². The number of anilines is 1. The molecule has 0 aliphatic heterocycles. The summed E-state index contributed by atoms with van der Waals surface area (Å²) >= 11 is 6.15. The molecule has 0 aliphatic rings. The summed E-state index contributed by atoms with van der Waals surface area (Å²) in [6.45, 7) is 1.80. The van der Waals surface area contributed by atoms with Crippen LogP contribution < -0.4 is 11.5 Å². The fourth-order valence-corrected chi connectivity index (χ4v) is 3.21. The standard InChI is InChI=1S/C20H14ClFN6O2/c1-9-6-11(7-15(21)25-9)13-8-14(19-27-28-20(30-19)18(24)29)17(23)26-16(13)10-2-4-12(22)5-3-10/h2-8H,1H3,(H2,23,26)(H2,24,29). The van der Waals surface area contributed by atoms with Crippen LogP contribution in [0.5, 0.6) is 0 Å². The number of nitrogen functional groups attached to an aromatic ring is 1. The molecule has 0 aliphatic carbocycles. The minimum Gasteiger partial charge on any atom is -0.412 e. The maximum absolute atomic E-state index is 13.4. The molecule has 10 heteroatoms. The summed E-state index contributed by atoms with van der Waals surface area (Å²) in [6, 6.07) is 11.0. The van der Waals surface area contributed by atoms with E-state index in [1.165, 1.54) is 12.1 Å². The number of hydrogen-bond donors (Lipinski definition) is 2. The number of carbonyl (C=O) groups is 1. The van der Waals surface area contributed by atoms with Crippen LogP contribution in [0.3, 0.4) is 0 Å². The van der Waals surface area contributed by atoms with Crippen LogP contribution in [0.4, 0.5) is 10.2 Å². The summed E-state index contributed by atoms with van der Waals surface area (Å²) in [5, 5.41) is 7.73. The molecule has 0 unspecified atom stereocenters. The van der Waals surface area contributed by atoms with E-state index >= 15 is 0 Å². The number of aryl methyl sites for hydroxylation is 1. The Labute approximate surface area is 174 Å². The van der Waals surface area contributed by atoms with Gasteiger partial charge < -0.3 is 15.9 Å². The van der Waals surface area contributed by atoms with Crippen molar-refractivity contribution >= 4 is 23.3 Å². The lowest BCUT2D eigenvalue weighted by molar-refractivity contribution is 0.0968. The smallest absolute Gasteiger partial charge is 0.306 e. The van der Waals surface area contributed by atoms with Gasteiger partial charge in [0, 0.05) is 16.8 Å². The first-order valence-electron chi connectivity index (χ1n) is 8.66. The van der Waals surface area contributed by atoms with E-state index in [1.807, 2.05) is 6.07 Å². The van der Waals surface area contributed by atoms with E-state index in [9.17, 15) is 9.18 Å². The SMILES string of the molecule is Cc1cc(-c2cc(-c3nnc(C(N)=O)o3)c(N)nc2-c2ccc(F)cc2)cc(Cl)n1. The summed E-state index contributed by atoms with van der Waals surface area (Å²) < 4.78 is 18.7. The third-order valence-corrected chi connectivity index (χ3v) is 4.46. The molecule has 0 saturated heterocycles. The molecule has 4 rings (SSSR count). The second kappa shape index (κ2) is 7.53. The highest BCUT2D eigenvalue weighted by atomic mass is 35.5. The molecule has 3 aromatic heterocycles. The maximum Gasteiger partial charge on any atom is 0.306 e. The van der Waals surface area contributed by atoms with Gasteiger partial charge in [0.15, 0.2) is 0 Å². The van der Waals surface area contributed by atoms with E-state index in [0.717, 1.165) is 0 Å². The molecule has 30 heavy (non-hydrogen) atoms. The Hall–Kier alpha value is -3.85. The highest BCUT2D eigenvalue weighted by Crippen LogP contribution is 2.37. The van der Waals surface area contributed by atoms with Crippen LogP contribution in [0, 0.1) is 12.7 Å². The van der Waals surface area contributed by atoms with Gasteiger partial charge in [-0.25, -0.2) is 14.4 Å². The number of nitrogens with two attached hydrogens (primary N) is 2. The molecule has 4 aromatic rings. The molecule has 8 nitrogen and oxygen atoms in total. The fraction of sp³-hybridized carbons (Fsp3) is 0.0500. The van der Waals surface area contributed by atoms with Crippen molar-refractivity contribution in [2.24, 2.45) is 5.73 Å². The van der Waals surface area contributed by atoms with Crippen LogP contribution in [-0.2, 0) is 0 Å². The Morgan fingerprint density at radius 3 is 2.40 bits per heavy atom. The van der Waals surface area contributed by atoms with Crippen molar-refractivity contribution in [3.8, 4) is 33.8 Å². The third kappa shape index (κ3) is 3.70. The molecule has 0 atom stereocenters. The number of rotatable bonds is 4. The number of aromatic nitrogens is 4. The lowest BCUT2D eigenvalue weighted by atomic mass is 9.97. The first-order chi connectivity index (χ1) is 14.3. The number of amides is 1. The number of nitrogens with zero attached hydrogens (tertiary/aromatic N) is 4. The van der Waals surface area contributed by atoms with Crippen molar-refractivity contribution in [1.82, 2.24) is 20.2 Å². The Morgan fingerprint density at radius 2 is 1.77 bits per heavy atom. The highest BCUT2D eigenvalue weighted by Gasteiger charge is 2.20. The van der Waals surface area contributed by atoms with Crippen molar-refractivity contribution in [1.29, 1.82) is 0 Å². The predicted octanol–water partition coefficient (Wildman–Crippen LogP) is 3.64. The van der Waals surface area contributed by atoms with Gasteiger partial charge in [0.2, 0.25) is 0 Å². The second-order valence-electron chi connectivity index (χ2n) is 6.42. The second-order valence-corrected chi connectivity index (χ2v) is 6.81. The third-order valence-electron chi connectivity index (χ3n) is 4.27. The molecule has 0 radical (unpaired) electrons. The van der Waals surface area contributed by atoms with E-state index in [4.69, 9.17) is 27.5 Å². The molecule has 150 valence electrons. The van der Waals surface area contributed by atoms with Gasteiger partial charge in [-0.05, 0) is 55.0 Å². The first kappa shape index (κ1) is 19.5. The lowest BCUT2D eigenvalue weighted by Gasteiger charge is -2.13. The summed E-state index contributed by atoms with van der Waals surface area (Å²) in [5.74, 6) is -1.53. The zero-order valence-electron chi connectivity index (χ0n) is 15.6. The molecular weight excluding hydrogens is 411 g/mol. The number of primary amides is 1. The number of benzene rings is 1. The van der Waals surface area contributed by atoms with Crippen LogP contribution in [-0.4, -0.2) is 26.1 Å². The molecule has 0 saturated carbocycles. The average molecular weight is 425 g/mol. The van der Waals surface area contributed by atoms with E-state index in [1.54, 1.807) is 31.2 Å². The van der Waals surface area contributed by atoms with Gasteiger partial charge in [-0.2, -0.15) is 0 Å². The Bertz CT molecular complexity index is 1250. The van der Waals surface area contributed by atoms with E-state index in [2.05, 4.69) is 20.2 Å². The van der Waals surface area contributed by atoms with E-state index < -0.39 is 5.91 Å². The molecular formula is C20H14ClFN6O2. The molecule has 0 bridgehead atoms. The molecule has 0 spiro atoms. The predicted molar refractivity (Wildman–Crippen MR) is 109 cm³/mol. The van der Waals surface area contributed by atoms with Gasteiger partial charge in [0.05, 0.1) is 11.3 Å². The van der Waals surface area contributed by atoms with E-state index in [-0.39, 0.29) is 23.4 Å². The van der Waals surface area contributed by atoms with Crippen molar-refractivity contribution < 1.29 is 13.6 Å². The summed E-state index contributed by atoms with van der Waals surface area (Å²) in [6.07, 6.45) is 0. The molecule has 0 fully saturated rings. The van der Waals surface area contributed by atoms with Crippen molar-refractivity contribution in [3.05, 3.63) is 65.0 Å². The van der Waals surface area contributed by atoms with Gasteiger partial charge in [0.25, 0.3) is 5.89 Å². The van der Waals surface area contributed by atoms with Crippen LogP contribution in [0.1, 0.15) is 16.4 Å². The van der Waals surface area contributed by atoms with Gasteiger partial charge in [-0.15, -0.1) is 10.2 Å². The number of pyridine rings is 2. The summed E-state index contributed by atoms with van der Waals surface area (Å²) in [4.78, 5) is 19.9. The quantitative estimate of drug-likeness (QED) is 0.477. The summed E-state index contributed by atoms with van der Waals surface area (Å²) in [5.41, 5.74) is 14.8. The summed E-state index contributed by atoms with van der Waals surface area (Å²) in [7, 11) is 0.